The molecule has 0 unspecified atom stereocenters. The van der Waals surface area contributed by atoms with Crippen LogP contribution in [0.5, 0.6) is 0 Å². The third-order valence-electron chi connectivity index (χ3n) is 5.49. The highest BCUT2D eigenvalue weighted by Gasteiger charge is 2.22. The van der Waals surface area contributed by atoms with Crippen molar-refractivity contribution in [2.24, 2.45) is 5.92 Å². The lowest BCUT2D eigenvalue weighted by Crippen LogP contribution is -2.38. The lowest BCUT2D eigenvalue weighted by Gasteiger charge is -2.31. The molecular weight excluding hydrogens is 354 g/mol. The number of amides is 1. The zero-order chi connectivity index (χ0) is 18.8. The Hall–Kier alpha value is -2.40. The van der Waals surface area contributed by atoms with E-state index in [1.807, 2.05) is 31.2 Å². The van der Waals surface area contributed by atoms with Gasteiger partial charge >= 0.3 is 0 Å². The fourth-order valence-corrected chi connectivity index (χ4v) is 4.56. The fourth-order valence-electron chi connectivity index (χ4n) is 3.55. The number of hydrogen-bond acceptors (Lipinski definition) is 4. The Kier molecular flexibility index (Phi) is 5.12. The first kappa shape index (κ1) is 18.0. The largest absolute Gasteiger partial charge is 0.352 e. The van der Waals surface area contributed by atoms with Crippen molar-refractivity contribution in [2.75, 3.05) is 24.5 Å². The summed E-state index contributed by atoms with van der Waals surface area (Å²) in [6.45, 7) is 6.87. The average molecular weight is 380 g/mol. The second-order valence-electron chi connectivity index (χ2n) is 7.40. The first-order chi connectivity index (χ1) is 13.1. The van der Waals surface area contributed by atoms with Gasteiger partial charge < -0.3 is 10.2 Å². The molecule has 1 N–H and O–H groups in total. The number of carbonyl (C=O) groups is 1. The fraction of sp³-hybridized carbons (Fsp3) is 0.364. The lowest BCUT2D eigenvalue weighted by molar-refractivity contribution is 0.0945. The van der Waals surface area contributed by atoms with Crippen molar-refractivity contribution < 1.29 is 4.79 Å². The van der Waals surface area contributed by atoms with Crippen molar-refractivity contribution in [3.63, 3.8) is 0 Å². The van der Waals surface area contributed by atoms with Gasteiger partial charge in [-0.3, -0.25) is 4.79 Å². The SMILES string of the molecule is Cc1ccc(C(=O)NCC2CCN(c3nc4ccccc4s3)CC2)cc1C. The number of thiazole rings is 1. The second kappa shape index (κ2) is 7.69. The van der Waals surface area contributed by atoms with E-state index in [2.05, 4.69) is 35.3 Å². The van der Waals surface area contributed by atoms with Crippen molar-refractivity contribution in [2.45, 2.75) is 26.7 Å². The summed E-state index contributed by atoms with van der Waals surface area (Å²) in [5.41, 5.74) is 4.21. The molecule has 3 aromatic rings. The first-order valence-corrected chi connectivity index (χ1v) is 10.4. The zero-order valence-corrected chi connectivity index (χ0v) is 16.7. The van der Waals surface area contributed by atoms with E-state index in [1.54, 1.807) is 11.3 Å². The molecule has 4 rings (SSSR count). The van der Waals surface area contributed by atoms with Gasteiger partial charge in [-0.25, -0.2) is 4.98 Å². The quantitative estimate of drug-likeness (QED) is 0.723. The summed E-state index contributed by atoms with van der Waals surface area (Å²) < 4.78 is 1.25. The Bertz CT molecular complexity index is 924. The number of rotatable bonds is 4. The number of nitrogens with zero attached hydrogens (tertiary/aromatic N) is 2. The number of carbonyl (C=O) groups excluding carboxylic acids is 1. The number of hydrogen-bond donors (Lipinski definition) is 1. The molecule has 2 aromatic carbocycles. The van der Waals surface area contributed by atoms with Crippen LogP contribution in [-0.2, 0) is 0 Å². The molecule has 1 fully saturated rings. The third kappa shape index (κ3) is 3.98. The van der Waals surface area contributed by atoms with Crippen LogP contribution in [0.4, 0.5) is 5.13 Å². The standard InChI is InChI=1S/C22H25N3OS/c1-15-7-8-18(13-16(15)2)21(26)23-14-17-9-11-25(12-10-17)22-24-19-5-3-4-6-20(19)27-22/h3-8,13,17H,9-12,14H2,1-2H3,(H,23,26). The number of aryl methyl sites for hydroxylation is 2. The van der Waals surface area contributed by atoms with Gasteiger partial charge in [0.15, 0.2) is 5.13 Å². The molecule has 1 saturated heterocycles. The molecular formula is C22H25N3OS. The lowest BCUT2D eigenvalue weighted by atomic mass is 9.97. The minimum atomic E-state index is 0.0340. The summed E-state index contributed by atoms with van der Waals surface area (Å²) in [5.74, 6) is 0.567. The number of benzene rings is 2. The molecule has 0 atom stereocenters. The van der Waals surface area contributed by atoms with Gasteiger partial charge in [0.1, 0.15) is 0 Å². The maximum Gasteiger partial charge on any atom is 0.251 e. The van der Waals surface area contributed by atoms with E-state index in [0.29, 0.717) is 5.92 Å². The van der Waals surface area contributed by atoms with Crippen LogP contribution in [0, 0.1) is 19.8 Å². The molecule has 0 aliphatic carbocycles. The van der Waals surface area contributed by atoms with Crippen LogP contribution in [0.2, 0.25) is 0 Å². The molecule has 1 aliphatic heterocycles. The Morgan fingerprint density at radius 3 is 2.67 bits per heavy atom. The minimum Gasteiger partial charge on any atom is -0.352 e. The molecule has 1 aliphatic rings. The van der Waals surface area contributed by atoms with Crippen LogP contribution in [0.1, 0.15) is 34.3 Å². The Morgan fingerprint density at radius 2 is 1.93 bits per heavy atom. The monoisotopic (exact) mass is 379 g/mol. The number of fused-ring (bicyclic) bond motifs is 1. The molecule has 4 nitrogen and oxygen atoms in total. The molecule has 0 bridgehead atoms. The summed E-state index contributed by atoms with van der Waals surface area (Å²) in [6.07, 6.45) is 2.17. The highest BCUT2D eigenvalue weighted by Crippen LogP contribution is 2.31. The minimum absolute atomic E-state index is 0.0340. The summed E-state index contributed by atoms with van der Waals surface area (Å²) >= 11 is 1.77. The van der Waals surface area contributed by atoms with Crippen LogP contribution in [0.25, 0.3) is 10.2 Å². The maximum absolute atomic E-state index is 12.4. The van der Waals surface area contributed by atoms with E-state index in [-0.39, 0.29) is 5.91 Å². The topological polar surface area (TPSA) is 45.2 Å². The van der Waals surface area contributed by atoms with Gasteiger partial charge in [0, 0.05) is 25.2 Å². The average Bonchev–Trinajstić information content (AvgIpc) is 3.13. The van der Waals surface area contributed by atoms with Gasteiger partial charge in [-0.05, 0) is 68.0 Å². The predicted octanol–water partition coefficient (Wildman–Crippen LogP) is 4.56. The predicted molar refractivity (Wildman–Crippen MR) is 113 cm³/mol. The Labute approximate surface area is 164 Å². The molecule has 0 radical (unpaired) electrons. The van der Waals surface area contributed by atoms with Crippen molar-refractivity contribution in [1.82, 2.24) is 10.3 Å². The van der Waals surface area contributed by atoms with E-state index >= 15 is 0 Å². The normalized spacial score (nSPS) is 15.3. The summed E-state index contributed by atoms with van der Waals surface area (Å²) in [6, 6.07) is 14.2. The molecule has 0 spiro atoms. The maximum atomic E-state index is 12.4. The van der Waals surface area contributed by atoms with E-state index in [0.717, 1.165) is 54.3 Å². The number of anilines is 1. The van der Waals surface area contributed by atoms with E-state index in [1.165, 1.54) is 10.3 Å². The van der Waals surface area contributed by atoms with Gasteiger partial charge in [-0.1, -0.05) is 29.5 Å². The Balaban J connectivity index is 1.30. The molecule has 5 heteroatoms. The molecule has 1 amide bonds. The number of nitrogens with one attached hydrogen (secondary N) is 1. The Morgan fingerprint density at radius 1 is 1.15 bits per heavy atom. The molecule has 2 heterocycles. The third-order valence-corrected chi connectivity index (χ3v) is 6.59. The number of piperidine rings is 1. The van der Waals surface area contributed by atoms with E-state index < -0.39 is 0 Å². The van der Waals surface area contributed by atoms with Crippen LogP contribution in [-0.4, -0.2) is 30.5 Å². The van der Waals surface area contributed by atoms with Gasteiger partial charge in [-0.2, -0.15) is 0 Å². The second-order valence-corrected chi connectivity index (χ2v) is 8.41. The van der Waals surface area contributed by atoms with Crippen LogP contribution >= 0.6 is 11.3 Å². The van der Waals surface area contributed by atoms with Gasteiger partial charge in [-0.15, -0.1) is 0 Å². The van der Waals surface area contributed by atoms with Gasteiger partial charge in [0.25, 0.3) is 5.91 Å². The van der Waals surface area contributed by atoms with Crippen molar-refractivity contribution in [1.29, 1.82) is 0 Å². The zero-order valence-electron chi connectivity index (χ0n) is 15.9. The van der Waals surface area contributed by atoms with Gasteiger partial charge in [0.05, 0.1) is 10.2 Å². The molecule has 1 aromatic heterocycles. The van der Waals surface area contributed by atoms with Crippen LogP contribution in [0.3, 0.4) is 0 Å². The smallest absolute Gasteiger partial charge is 0.251 e. The molecule has 140 valence electrons. The molecule has 0 saturated carbocycles. The molecule has 27 heavy (non-hydrogen) atoms. The summed E-state index contributed by atoms with van der Waals surface area (Å²) in [5, 5.41) is 4.24. The van der Waals surface area contributed by atoms with E-state index in [4.69, 9.17) is 4.98 Å². The van der Waals surface area contributed by atoms with Crippen LogP contribution < -0.4 is 10.2 Å². The van der Waals surface area contributed by atoms with Gasteiger partial charge in [0.2, 0.25) is 0 Å². The van der Waals surface area contributed by atoms with Crippen molar-refractivity contribution in [3.05, 3.63) is 59.2 Å². The number of para-hydroxylation sites is 1. The highest BCUT2D eigenvalue weighted by molar-refractivity contribution is 7.22. The summed E-state index contributed by atoms with van der Waals surface area (Å²) in [7, 11) is 0. The number of aromatic nitrogens is 1. The summed E-state index contributed by atoms with van der Waals surface area (Å²) in [4.78, 5) is 19.6. The first-order valence-electron chi connectivity index (χ1n) is 9.56. The van der Waals surface area contributed by atoms with E-state index in [9.17, 15) is 4.79 Å². The van der Waals surface area contributed by atoms with Crippen molar-refractivity contribution >= 4 is 32.6 Å². The van der Waals surface area contributed by atoms with Crippen LogP contribution in [0.15, 0.2) is 42.5 Å². The highest BCUT2D eigenvalue weighted by atomic mass is 32.1. The van der Waals surface area contributed by atoms with Crippen molar-refractivity contribution in [3.8, 4) is 0 Å².